The largest absolute Gasteiger partial charge is 0.465 e. The smallest absolute Gasteiger partial charge is 0.340 e. The highest BCUT2D eigenvalue weighted by Gasteiger charge is 2.15. The van der Waals surface area contributed by atoms with Crippen molar-refractivity contribution < 1.29 is 24.3 Å². The van der Waals surface area contributed by atoms with Crippen LogP contribution in [0.1, 0.15) is 34.6 Å². The molecule has 0 heterocycles. The van der Waals surface area contributed by atoms with Crippen molar-refractivity contribution in [2.75, 3.05) is 19.7 Å². The van der Waals surface area contributed by atoms with Crippen LogP contribution in [0.2, 0.25) is 0 Å². The van der Waals surface area contributed by atoms with E-state index in [4.69, 9.17) is 5.21 Å². The normalized spacial score (nSPS) is 8.72. The summed E-state index contributed by atoms with van der Waals surface area (Å²) in [6.45, 7) is 4.00. The summed E-state index contributed by atoms with van der Waals surface area (Å²) in [6.07, 6.45) is 0. The Morgan fingerprint density at radius 2 is 1.67 bits per heavy atom. The number of esters is 2. The van der Waals surface area contributed by atoms with E-state index in [2.05, 4.69) is 9.47 Å². The minimum Gasteiger partial charge on any atom is -0.465 e. The van der Waals surface area contributed by atoms with Crippen molar-refractivity contribution in [3.8, 4) is 0 Å². The van der Waals surface area contributed by atoms with Gasteiger partial charge in [0, 0.05) is 0 Å². The number of hydrogen-bond acceptors (Lipinski definition) is 6. The fraction of sp³-hybridized carbons (Fsp3) is 0.333. The number of anilines is 1. The summed E-state index contributed by atoms with van der Waals surface area (Å²) in [6, 6.07) is 4.06. The zero-order valence-electron chi connectivity index (χ0n) is 10.8. The number of carbonyl (C=O) groups is 2. The number of rotatable bonds is 3. The molecule has 0 bridgehead atoms. The predicted molar refractivity (Wildman–Crippen MR) is 65.9 cm³/mol. The highest BCUT2D eigenvalue weighted by molar-refractivity contribution is 5.99. The Morgan fingerprint density at radius 3 is 2.11 bits per heavy atom. The molecule has 6 heteroatoms. The number of methoxy groups -OCH3 is 2. The predicted octanol–water partition coefficient (Wildman–Crippen LogP) is 2.09. The summed E-state index contributed by atoms with van der Waals surface area (Å²) in [5.41, 5.74) is 2.24. The molecule has 1 aromatic rings. The molecule has 2 N–H and O–H groups in total. The maximum absolute atomic E-state index is 11.3. The van der Waals surface area contributed by atoms with Gasteiger partial charge < -0.3 is 9.47 Å². The molecular formula is C12H17NO5. The SMILES string of the molecule is CC.COC(=O)c1ccc(NO)c(C(=O)OC)c1. The minimum atomic E-state index is -0.665. The molecule has 18 heavy (non-hydrogen) atoms. The van der Waals surface area contributed by atoms with Crippen molar-refractivity contribution in [3.63, 3.8) is 0 Å². The summed E-state index contributed by atoms with van der Waals surface area (Å²) in [5, 5.41) is 8.78. The quantitative estimate of drug-likeness (QED) is 0.635. The van der Waals surface area contributed by atoms with Gasteiger partial charge >= 0.3 is 11.9 Å². The first-order valence-corrected chi connectivity index (χ1v) is 5.34. The van der Waals surface area contributed by atoms with E-state index in [-0.39, 0.29) is 16.8 Å². The Kier molecular flexibility index (Phi) is 7.14. The third-order valence-electron chi connectivity index (χ3n) is 1.97. The van der Waals surface area contributed by atoms with Crippen LogP contribution < -0.4 is 5.48 Å². The van der Waals surface area contributed by atoms with Crippen LogP contribution in [0, 0.1) is 0 Å². The summed E-state index contributed by atoms with van der Waals surface area (Å²) >= 11 is 0. The summed E-state index contributed by atoms with van der Waals surface area (Å²) in [5.74, 6) is -1.24. The standard InChI is InChI=1S/C10H11NO5.C2H6/c1-15-9(12)6-3-4-8(11-14)7(5-6)10(13)16-2;1-2/h3-5,11,14H,1-2H3;1-2H3. The van der Waals surface area contributed by atoms with E-state index in [1.807, 2.05) is 19.3 Å². The molecule has 0 aliphatic rings. The Bertz CT molecular complexity index is 417. The molecule has 0 saturated carbocycles. The van der Waals surface area contributed by atoms with E-state index >= 15 is 0 Å². The number of carbonyl (C=O) groups excluding carboxylic acids is 2. The second kappa shape index (κ2) is 8.08. The first kappa shape index (κ1) is 15.9. The molecule has 0 unspecified atom stereocenters. The van der Waals surface area contributed by atoms with Gasteiger partial charge in [0.2, 0.25) is 0 Å². The number of benzene rings is 1. The highest BCUT2D eigenvalue weighted by Crippen LogP contribution is 2.18. The lowest BCUT2D eigenvalue weighted by Crippen LogP contribution is -2.09. The van der Waals surface area contributed by atoms with Gasteiger partial charge in [-0.1, -0.05) is 13.8 Å². The van der Waals surface area contributed by atoms with Gasteiger partial charge in [0.1, 0.15) is 0 Å². The van der Waals surface area contributed by atoms with Crippen LogP contribution in [0.25, 0.3) is 0 Å². The fourth-order valence-corrected chi connectivity index (χ4v) is 1.17. The maximum atomic E-state index is 11.3. The molecule has 0 aromatic heterocycles. The Morgan fingerprint density at radius 1 is 1.11 bits per heavy atom. The van der Waals surface area contributed by atoms with Crippen LogP contribution in [0.15, 0.2) is 18.2 Å². The molecule has 100 valence electrons. The zero-order valence-corrected chi connectivity index (χ0v) is 10.8. The molecule has 0 spiro atoms. The molecule has 6 nitrogen and oxygen atoms in total. The number of ether oxygens (including phenoxy) is 2. The zero-order chi connectivity index (χ0) is 14.1. The van der Waals surface area contributed by atoms with Crippen LogP contribution in [-0.4, -0.2) is 31.4 Å². The van der Waals surface area contributed by atoms with Crippen molar-refractivity contribution in [1.82, 2.24) is 0 Å². The molecule has 1 aromatic carbocycles. The van der Waals surface area contributed by atoms with Crippen LogP contribution >= 0.6 is 0 Å². The van der Waals surface area contributed by atoms with Crippen LogP contribution in [0.3, 0.4) is 0 Å². The van der Waals surface area contributed by atoms with E-state index in [9.17, 15) is 9.59 Å². The second-order valence-electron chi connectivity index (χ2n) is 2.86. The average Bonchev–Trinajstić information content (AvgIpc) is 2.46. The molecule has 0 amide bonds. The van der Waals surface area contributed by atoms with Gasteiger partial charge in [0.15, 0.2) is 0 Å². The van der Waals surface area contributed by atoms with Crippen molar-refractivity contribution in [2.45, 2.75) is 13.8 Å². The first-order chi connectivity index (χ1) is 8.63. The summed E-state index contributed by atoms with van der Waals surface area (Å²) in [4.78, 5) is 22.5. The molecule has 0 aliphatic heterocycles. The van der Waals surface area contributed by atoms with Gasteiger partial charge in [0.05, 0.1) is 31.0 Å². The molecule has 1 rings (SSSR count). The Hall–Kier alpha value is -2.08. The average molecular weight is 255 g/mol. The van der Waals surface area contributed by atoms with E-state index in [0.717, 1.165) is 0 Å². The van der Waals surface area contributed by atoms with E-state index < -0.39 is 11.9 Å². The lowest BCUT2D eigenvalue weighted by molar-refractivity contribution is 0.0599. The van der Waals surface area contributed by atoms with Crippen molar-refractivity contribution in [3.05, 3.63) is 29.3 Å². The van der Waals surface area contributed by atoms with Crippen LogP contribution in [0.4, 0.5) is 5.69 Å². The second-order valence-corrected chi connectivity index (χ2v) is 2.86. The van der Waals surface area contributed by atoms with Crippen molar-refractivity contribution in [2.24, 2.45) is 0 Å². The van der Waals surface area contributed by atoms with Gasteiger partial charge in [0.25, 0.3) is 0 Å². The minimum absolute atomic E-state index is 0.0490. The van der Waals surface area contributed by atoms with Gasteiger partial charge in [-0.25, -0.2) is 9.59 Å². The molecule has 0 atom stereocenters. The molecule has 0 saturated heterocycles. The lowest BCUT2D eigenvalue weighted by atomic mass is 10.1. The van der Waals surface area contributed by atoms with Crippen LogP contribution in [0.5, 0.6) is 0 Å². The van der Waals surface area contributed by atoms with Crippen LogP contribution in [-0.2, 0) is 9.47 Å². The summed E-state index contributed by atoms with van der Waals surface area (Å²) < 4.78 is 9.01. The number of nitrogens with one attached hydrogen (secondary N) is 1. The van der Waals surface area contributed by atoms with Gasteiger partial charge in [-0.2, -0.15) is 0 Å². The molecule has 0 fully saturated rings. The van der Waals surface area contributed by atoms with Gasteiger partial charge in [-0.05, 0) is 18.2 Å². The molecule has 0 aliphatic carbocycles. The Labute approximate surface area is 105 Å². The third-order valence-corrected chi connectivity index (χ3v) is 1.97. The lowest BCUT2D eigenvalue weighted by Gasteiger charge is -2.07. The fourth-order valence-electron chi connectivity index (χ4n) is 1.17. The first-order valence-electron chi connectivity index (χ1n) is 5.34. The van der Waals surface area contributed by atoms with E-state index in [1.54, 1.807) is 0 Å². The van der Waals surface area contributed by atoms with Gasteiger partial charge in [-0.3, -0.25) is 10.7 Å². The molecular weight excluding hydrogens is 238 g/mol. The van der Waals surface area contributed by atoms with E-state index in [1.165, 1.54) is 32.4 Å². The monoisotopic (exact) mass is 255 g/mol. The van der Waals surface area contributed by atoms with Crippen molar-refractivity contribution >= 4 is 17.6 Å². The summed E-state index contributed by atoms with van der Waals surface area (Å²) in [7, 11) is 2.44. The van der Waals surface area contributed by atoms with Gasteiger partial charge in [-0.15, -0.1) is 0 Å². The number of hydrogen-bond donors (Lipinski definition) is 2. The third kappa shape index (κ3) is 3.74. The highest BCUT2D eigenvalue weighted by atomic mass is 16.5. The van der Waals surface area contributed by atoms with Crippen molar-refractivity contribution in [1.29, 1.82) is 0 Å². The Balaban J connectivity index is 0.00000137. The maximum Gasteiger partial charge on any atom is 0.340 e. The topological polar surface area (TPSA) is 84.9 Å². The molecule has 0 radical (unpaired) electrons. The van der Waals surface area contributed by atoms with E-state index in [0.29, 0.717) is 0 Å².